The Morgan fingerprint density at radius 3 is 2.39 bits per heavy atom. The Hall–Kier alpha value is -1.24. The molecule has 2 aliphatic rings. The summed E-state index contributed by atoms with van der Waals surface area (Å²) in [4.78, 5) is 2.56. The lowest BCUT2D eigenvalue weighted by atomic mass is 9.97. The molecule has 126 valence electrons. The highest BCUT2D eigenvalue weighted by molar-refractivity contribution is 7.89. The lowest BCUT2D eigenvalue weighted by Crippen LogP contribution is -2.47. The van der Waals surface area contributed by atoms with Gasteiger partial charge in [-0.3, -0.25) is 4.90 Å². The molecule has 0 amide bonds. The van der Waals surface area contributed by atoms with Crippen molar-refractivity contribution in [1.82, 2.24) is 9.62 Å². The molecule has 0 aromatic heterocycles. The second-order valence-corrected chi connectivity index (χ2v) is 8.03. The first-order valence-corrected chi connectivity index (χ1v) is 9.71. The van der Waals surface area contributed by atoms with E-state index in [-0.39, 0.29) is 10.9 Å². The summed E-state index contributed by atoms with van der Waals surface area (Å²) in [6, 6.07) is 5.42. The van der Waals surface area contributed by atoms with Crippen LogP contribution in [0.5, 0.6) is 0 Å². The largest absolute Gasteiger partial charge is 0.297 e. The Balaban J connectivity index is 1.56. The third-order valence-corrected chi connectivity index (χ3v) is 6.21. The molecule has 4 nitrogen and oxygen atoms in total. The van der Waals surface area contributed by atoms with Crippen LogP contribution in [0.3, 0.4) is 0 Å². The fraction of sp³-hybridized carbons (Fsp3) is 0.529. The van der Waals surface area contributed by atoms with Crippen LogP contribution in [0.15, 0.2) is 41.3 Å². The molecule has 1 aromatic rings. The summed E-state index contributed by atoms with van der Waals surface area (Å²) < 4.78 is 40.4. The zero-order chi connectivity index (χ0) is 16.3. The summed E-state index contributed by atoms with van der Waals surface area (Å²) in [7, 11) is -3.57. The topological polar surface area (TPSA) is 49.4 Å². The molecule has 0 spiro atoms. The van der Waals surface area contributed by atoms with E-state index in [2.05, 4.69) is 21.8 Å². The van der Waals surface area contributed by atoms with Gasteiger partial charge in [0.15, 0.2) is 0 Å². The zero-order valence-corrected chi connectivity index (χ0v) is 13.9. The van der Waals surface area contributed by atoms with Crippen LogP contribution >= 0.6 is 0 Å². The molecule has 6 heteroatoms. The first-order chi connectivity index (χ1) is 11.0. The van der Waals surface area contributed by atoms with E-state index in [1.54, 1.807) is 0 Å². The van der Waals surface area contributed by atoms with Crippen molar-refractivity contribution in [1.29, 1.82) is 0 Å². The molecule has 1 heterocycles. The van der Waals surface area contributed by atoms with Gasteiger partial charge >= 0.3 is 0 Å². The molecule has 1 aliphatic heterocycles. The summed E-state index contributed by atoms with van der Waals surface area (Å²) in [5.41, 5.74) is 0. The maximum absolute atomic E-state index is 12.9. The lowest BCUT2D eigenvalue weighted by Gasteiger charge is -2.37. The first-order valence-electron chi connectivity index (χ1n) is 8.23. The lowest BCUT2D eigenvalue weighted by molar-refractivity contribution is 0.163. The van der Waals surface area contributed by atoms with Crippen molar-refractivity contribution >= 4 is 10.0 Å². The molecular weight excluding hydrogens is 315 g/mol. The van der Waals surface area contributed by atoms with E-state index in [1.165, 1.54) is 43.5 Å². The number of hydrogen-bond donors (Lipinski definition) is 1. The summed E-state index contributed by atoms with van der Waals surface area (Å²) in [5.74, 6) is -0.433. The monoisotopic (exact) mass is 338 g/mol. The number of rotatable bonds is 4. The van der Waals surface area contributed by atoms with Crippen LogP contribution in [-0.2, 0) is 10.0 Å². The summed E-state index contributed by atoms with van der Waals surface area (Å²) in [5, 5.41) is 0. The van der Waals surface area contributed by atoms with E-state index in [0.29, 0.717) is 6.04 Å². The summed E-state index contributed by atoms with van der Waals surface area (Å²) in [6.07, 6.45) is 9.75. The fourth-order valence-corrected chi connectivity index (χ4v) is 4.65. The van der Waals surface area contributed by atoms with Gasteiger partial charge < -0.3 is 0 Å². The van der Waals surface area contributed by atoms with Gasteiger partial charge in [-0.15, -0.1) is 0 Å². The zero-order valence-electron chi connectivity index (χ0n) is 13.1. The van der Waals surface area contributed by atoms with E-state index in [1.807, 2.05) is 0 Å². The van der Waals surface area contributed by atoms with Crippen LogP contribution in [0.4, 0.5) is 4.39 Å². The van der Waals surface area contributed by atoms with Crippen LogP contribution in [0.25, 0.3) is 0 Å². The number of halogens is 1. The SMILES string of the molecule is O=S(=O)(NC1CCN([C@@H]2C=CCCC2)CC1)c1ccc(F)cc1. The molecular formula is C17H23FN2O2S. The molecule has 1 aromatic carbocycles. The number of hydrogen-bond acceptors (Lipinski definition) is 3. The Labute approximate surface area is 137 Å². The van der Waals surface area contributed by atoms with Crippen LogP contribution in [0, 0.1) is 5.82 Å². The summed E-state index contributed by atoms with van der Waals surface area (Å²) in [6.45, 7) is 1.82. The minimum absolute atomic E-state index is 0.0473. The summed E-state index contributed by atoms with van der Waals surface area (Å²) >= 11 is 0. The van der Waals surface area contributed by atoms with Crippen molar-refractivity contribution in [3.05, 3.63) is 42.2 Å². The quantitative estimate of drug-likeness (QED) is 0.859. The normalized spacial score (nSPS) is 24.0. The molecule has 1 atom stereocenters. The van der Waals surface area contributed by atoms with Crippen LogP contribution < -0.4 is 4.72 Å². The predicted molar refractivity (Wildman–Crippen MR) is 88.1 cm³/mol. The van der Waals surface area contributed by atoms with Gasteiger partial charge in [0.1, 0.15) is 5.82 Å². The van der Waals surface area contributed by atoms with Crippen molar-refractivity contribution in [3.63, 3.8) is 0 Å². The molecule has 0 radical (unpaired) electrons. The van der Waals surface area contributed by atoms with Crippen LogP contribution in [0.2, 0.25) is 0 Å². The average molecular weight is 338 g/mol. The molecule has 23 heavy (non-hydrogen) atoms. The van der Waals surface area contributed by atoms with E-state index >= 15 is 0 Å². The highest BCUT2D eigenvalue weighted by Gasteiger charge is 2.27. The molecule has 1 saturated heterocycles. The second-order valence-electron chi connectivity index (χ2n) is 6.31. The van der Waals surface area contributed by atoms with Gasteiger partial charge in [-0.2, -0.15) is 0 Å². The molecule has 0 bridgehead atoms. The fourth-order valence-electron chi connectivity index (χ4n) is 3.35. The molecule has 0 saturated carbocycles. The molecule has 3 rings (SSSR count). The van der Waals surface area contributed by atoms with Gasteiger partial charge in [-0.25, -0.2) is 17.5 Å². The Kier molecular flexibility index (Phi) is 5.14. The number of nitrogens with one attached hydrogen (secondary N) is 1. The average Bonchev–Trinajstić information content (AvgIpc) is 2.56. The molecule has 1 N–H and O–H groups in total. The Morgan fingerprint density at radius 1 is 1.09 bits per heavy atom. The van der Waals surface area contributed by atoms with E-state index in [0.717, 1.165) is 25.9 Å². The molecule has 1 aliphatic carbocycles. The number of sulfonamides is 1. The standard InChI is InChI=1S/C17H23FN2O2S/c18-14-6-8-17(9-7-14)23(21,22)19-15-10-12-20(13-11-15)16-4-2-1-3-5-16/h2,4,6-9,15-16,19H,1,3,5,10-13H2/t16-/m1/s1. The van der Waals surface area contributed by atoms with Crippen molar-refractivity contribution in [3.8, 4) is 0 Å². The van der Waals surface area contributed by atoms with Gasteiger partial charge in [0.05, 0.1) is 4.90 Å². The van der Waals surface area contributed by atoms with Crippen molar-refractivity contribution in [2.24, 2.45) is 0 Å². The number of allylic oxidation sites excluding steroid dienone is 1. The maximum Gasteiger partial charge on any atom is 0.240 e. The Morgan fingerprint density at radius 2 is 1.78 bits per heavy atom. The number of benzene rings is 1. The van der Waals surface area contributed by atoms with Gasteiger partial charge in [0, 0.05) is 25.2 Å². The third kappa shape index (κ3) is 4.19. The molecule has 1 fully saturated rings. The highest BCUT2D eigenvalue weighted by atomic mass is 32.2. The van der Waals surface area contributed by atoms with Crippen LogP contribution in [-0.4, -0.2) is 38.5 Å². The smallest absolute Gasteiger partial charge is 0.240 e. The van der Waals surface area contributed by atoms with Crippen molar-refractivity contribution in [2.75, 3.05) is 13.1 Å². The minimum atomic E-state index is -3.57. The van der Waals surface area contributed by atoms with E-state index in [4.69, 9.17) is 0 Å². The second kappa shape index (κ2) is 7.11. The van der Waals surface area contributed by atoms with Crippen LogP contribution in [0.1, 0.15) is 32.1 Å². The Bertz CT molecular complexity index is 650. The van der Waals surface area contributed by atoms with E-state index in [9.17, 15) is 12.8 Å². The van der Waals surface area contributed by atoms with E-state index < -0.39 is 15.8 Å². The van der Waals surface area contributed by atoms with Gasteiger partial charge in [0.25, 0.3) is 0 Å². The predicted octanol–water partition coefficient (Wildman–Crippen LogP) is 2.68. The number of nitrogens with zero attached hydrogens (tertiary/aromatic N) is 1. The first kappa shape index (κ1) is 16.6. The number of likely N-dealkylation sites (tertiary alicyclic amines) is 1. The van der Waals surface area contributed by atoms with Crippen molar-refractivity contribution in [2.45, 2.75) is 49.1 Å². The molecule has 0 unspecified atom stereocenters. The van der Waals surface area contributed by atoms with Crippen molar-refractivity contribution < 1.29 is 12.8 Å². The third-order valence-electron chi connectivity index (χ3n) is 4.67. The van der Waals surface area contributed by atoms with Gasteiger partial charge in [-0.05, 0) is 56.4 Å². The van der Waals surface area contributed by atoms with Gasteiger partial charge in [0.2, 0.25) is 10.0 Å². The minimum Gasteiger partial charge on any atom is -0.297 e. The number of piperidine rings is 1. The van der Waals surface area contributed by atoms with Gasteiger partial charge in [-0.1, -0.05) is 12.2 Å². The maximum atomic E-state index is 12.9. The highest BCUT2D eigenvalue weighted by Crippen LogP contribution is 2.22.